The van der Waals surface area contributed by atoms with Crippen molar-refractivity contribution < 1.29 is 23.1 Å². The molecule has 42 heavy (non-hydrogen) atoms. The maximum atomic E-state index is 15.0. The molecule has 3 heterocycles. The molecule has 9 nitrogen and oxygen atoms in total. The van der Waals surface area contributed by atoms with Crippen LogP contribution in [0.4, 0.5) is 14.5 Å². The van der Waals surface area contributed by atoms with E-state index < -0.39 is 29.6 Å². The molecule has 0 spiro atoms. The smallest absolute Gasteiger partial charge is 0.269 e. The first-order valence-corrected chi connectivity index (χ1v) is 13.5. The van der Waals surface area contributed by atoms with Crippen molar-refractivity contribution in [2.45, 2.75) is 12.7 Å². The highest BCUT2D eigenvalue weighted by Gasteiger charge is 2.35. The molecule has 0 radical (unpaired) electrons. The molecule has 1 aromatic heterocycles. The minimum Gasteiger partial charge on any atom is -0.477 e. The van der Waals surface area contributed by atoms with Crippen LogP contribution in [-0.4, -0.2) is 65.6 Å². The molecule has 0 unspecified atom stereocenters. The number of anilines is 1. The summed E-state index contributed by atoms with van der Waals surface area (Å²) in [7, 11) is 3.91. The van der Waals surface area contributed by atoms with Gasteiger partial charge in [0.05, 0.1) is 24.6 Å². The van der Waals surface area contributed by atoms with Gasteiger partial charge in [0.15, 0.2) is 0 Å². The monoisotopic (exact) mass is 570 g/mol. The molecule has 2 amide bonds. The summed E-state index contributed by atoms with van der Waals surface area (Å²) < 4.78 is 37.5. The number of ether oxygens (including phenoxy) is 1. The zero-order valence-electron chi connectivity index (χ0n) is 23.0. The van der Waals surface area contributed by atoms with E-state index >= 15 is 0 Å². The molecule has 2 aliphatic rings. The summed E-state index contributed by atoms with van der Waals surface area (Å²) in [6.45, 7) is 1.51. The molecule has 0 saturated heterocycles. The number of carbonyl (C=O) groups excluding carboxylic acids is 2. The van der Waals surface area contributed by atoms with Crippen LogP contribution in [0.5, 0.6) is 5.88 Å². The van der Waals surface area contributed by atoms with Crippen molar-refractivity contribution in [1.82, 2.24) is 20.0 Å². The van der Waals surface area contributed by atoms with Gasteiger partial charge in [-0.05, 0) is 32.3 Å². The standard InChI is InChI=1S/C31H28F2N6O3/c1-38(2)15-18-16-39-31(42-17-18)24(27(37-39)20-11-6-7-13-22(20)32)29(40)36-28-30(41)35-26-21(12-8-14-23(26)33)25(34-28)19-9-4-3-5-10-19/h3-14,18,28H,15-17H2,1-2H3,(H,35,41)(H,36,40)/t18-,28+/m0/s1. The highest BCUT2D eigenvalue weighted by atomic mass is 19.1. The third-order valence-electron chi connectivity index (χ3n) is 7.11. The molecule has 0 aliphatic carbocycles. The Labute approximate surface area is 240 Å². The minimum atomic E-state index is -1.44. The number of benzodiazepines with no additional fused rings is 1. The highest BCUT2D eigenvalue weighted by molar-refractivity contribution is 6.20. The molecular weight excluding hydrogens is 542 g/mol. The van der Waals surface area contributed by atoms with Crippen LogP contribution in [0.2, 0.25) is 0 Å². The van der Waals surface area contributed by atoms with Crippen molar-refractivity contribution in [2.75, 3.05) is 32.6 Å². The normalized spacial score (nSPS) is 17.8. The number of hydrogen-bond acceptors (Lipinski definition) is 6. The predicted octanol–water partition coefficient (Wildman–Crippen LogP) is 3.94. The molecule has 0 bridgehead atoms. The predicted molar refractivity (Wildman–Crippen MR) is 154 cm³/mol. The summed E-state index contributed by atoms with van der Waals surface area (Å²) in [5.41, 5.74) is 1.48. The van der Waals surface area contributed by atoms with Gasteiger partial charge in [-0.1, -0.05) is 54.6 Å². The molecule has 3 aromatic carbocycles. The second kappa shape index (κ2) is 11.2. The molecule has 214 valence electrons. The molecule has 0 fully saturated rings. The van der Waals surface area contributed by atoms with Gasteiger partial charge in [-0.2, -0.15) is 5.10 Å². The van der Waals surface area contributed by atoms with E-state index in [4.69, 9.17) is 4.74 Å². The van der Waals surface area contributed by atoms with E-state index in [-0.39, 0.29) is 34.3 Å². The lowest BCUT2D eigenvalue weighted by Gasteiger charge is -2.26. The Morgan fingerprint density at radius 1 is 1.02 bits per heavy atom. The van der Waals surface area contributed by atoms with E-state index in [0.717, 1.165) is 6.54 Å². The van der Waals surface area contributed by atoms with Crippen LogP contribution in [0.1, 0.15) is 21.5 Å². The van der Waals surface area contributed by atoms with Crippen LogP contribution < -0.4 is 15.4 Å². The number of halogens is 2. The minimum absolute atomic E-state index is 0.0133. The van der Waals surface area contributed by atoms with Crippen molar-refractivity contribution in [3.63, 3.8) is 0 Å². The Balaban J connectivity index is 1.41. The molecule has 2 atom stereocenters. The van der Waals surface area contributed by atoms with Crippen molar-refractivity contribution in [3.05, 3.63) is 101 Å². The van der Waals surface area contributed by atoms with Crippen LogP contribution in [0, 0.1) is 17.6 Å². The van der Waals surface area contributed by atoms with Crippen molar-refractivity contribution in [2.24, 2.45) is 10.9 Å². The summed E-state index contributed by atoms with van der Waals surface area (Å²) in [6, 6.07) is 19.4. The Kier molecular flexibility index (Phi) is 7.26. The molecular formula is C31H28F2N6O3. The van der Waals surface area contributed by atoms with E-state index in [1.54, 1.807) is 47.1 Å². The number of benzene rings is 3. The second-order valence-electron chi connectivity index (χ2n) is 10.5. The molecule has 2 aliphatic heterocycles. The fraction of sp³-hybridized carbons (Fsp3) is 0.226. The van der Waals surface area contributed by atoms with E-state index in [1.165, 1.54) is 24.3 Å². The lowest BCUT2D eigenvalue weighted by molar-refractivity contribution is -0.117. The number of fused-ring (bicyclic) bond motifs is 2. The van der Waals surface area contributed by atoms with Gasteiger partial charge in [0.2, 0.25) is 12.0 Å². The van der Waals surface area contributed by atoms with Crippen molar-refractivity contribution >= 4 is 23.2 Å². The largest absolute Gasteiger partial charge is 0.477 e. The summed E-state index contributed by atoms with van der Waals surface area (Å²) in [6.07, 6.45) is -1.44. The van der Waals surface area contributed by atoms with Gasteiger partial charge in [-0.15, -0.1) is 0 Å². The first-order valence-electron chi connectivity index (χ1n) is 13.5. The van der Waals surface area contributed by atoms with Crippen LogP contribution in [-0.2, 0) is 11.3 Å². The Morgan fingerprint density at radius 2 is 1.74 bits per heavy atom. The first kappa shape index (κ1) is 27.3. The molecule has 0 saturated carbocycles. The number of aromatic nitrogens is 2. The number of amides is 2. The van der Waals surface area contributed by atoms with Gasteiger partial charge < -0.3 is 20.3 Å². The fourth-order valence-corrected chi connectivity index (χ4v) is 5.30. The van der Waals surface area contributed by atoms with E-state index in [2.05, 4.69) is 20.7 Å². The van der Waals surface area contributed by atoms with Crippen molar-refractivity contribution in [3.8, 4) is 17.1 Å². The zero-order valence-corrected chi connectivity index (χ0v) is 23.0. The third-order valence-corrected chi connectivity index (χ3v) is 7.11. The molecule has 11 heteroatoms. The average Bonchev–Trinajstić information content (AvgIpc) is 3.28. The van der Waals surface area contributed by atoms with E-state index in [0.29, 0.717) is 30.0 Å². The van der Waals surface area contributed by atoms with Crippen LogP contribution >= 0.6 is 0 Å². The van der Waals surface area contributed by atoms with Gasteiger partial charge in [0.25, 0.3) is 11.8 Å². The molecule has 6 rings (SSSR count). The van der Waals surface area contributed by atoms with Gasteiger partial charge in [0.1, 0.15) is 22.9 Å². The third kappa shape index (κ3) is 5.14. The average molecular weight is 571 g/mol. The Morgan fingerprint density at radius 3 is 2.50 bits per heavy atom. The number of nitrogens with zero attached hydrogens (tertiary/aromatic N) is 4. The summed E-state index contributed by atoms with van der Waals surface area (Å²) in [4.78, 5) is 33.9. The van der Waals surface area contributed by atoms with Gasteiger partial charge in [-0.25, -0.2) is 18.5 Å². The Bertz CT molecular complexity index is 1700. The highest BCUT2D eigenvalue weighted by Crippen LogP contribution is 2.35. The summed E-state index contributed by atoms with van der Waals surface area (Å²) >= 11 is 0. The second-order valence-corrected chi connectivity index (χ2v) is 10.5. The molecule has 4 aromatic rings. The number of aliphatic imine (C=N–C) groups is 1. The fourth-order valence-electron chi connectivity index (χ4n) is 5.30. The van der Waals surface area contributed by atoms with Gasteiger partial charge >= 0.3 is 0 Å². The lowest BCUT2D eigenvalue weighted by atomic mass is 10.0. The Hall–Kier alpha value is -4.90. The number of hydrogen-bond donors (Lipinski definition) is 2. The van der Waals surface area contributed by atoms with Crippen molar-refractivity contribution in [1.29, 1.82) is 0 Å². The maximum Gasteiger partial charge on any atom is 0.269 e. The number of para-hydroxylation sites is 1. The maximum absolute atomic E-state index is 15.0. The van der Waals surface area contributed by atoms with Crippen LogP contribution in [0.3, 0.4) is 0 Å². The quantitative estimate of drug-likeness (QED) is 0.366. The number of nitrogens with one attached hydrogen (secondary N) is 2. The van der Waals surface area contributed by atoms with Gasteiger partial charge in [-0.3, -0.25) is 9.59 Å². The first-order chi connectivity index (χ1) is 20.3. The van der Waals surface area contributed by atoms with E-state index in [9.17, 15) is 18.4 Å². The zero-order chi connectivity index (χ0) is 29.4. The van der Waals surface area contributed by atoms with Gasteiger partial charge in [0, 0.05) is 29.2 Å². The summed E-state index contributed by atoms with van der Waals surface area (Å²) in [5, 5.41) is 9.82. The summed E-state index contributed by atoms with van der Waals surface area (Å²) in [5.74, 6) is -2.39. The molecule has 2 N–H and O–H groups in total. The van der Waals surface area contributed by atoms with Crippen LogP contribution in [0.25, 0.3) is 11.3 Å². The van der Waals surface area contributed by atoms with E-state index in [1.807, 2.05) is 25.1 Å². The SMILES string of the molecule is CN(C)C[C@@H]1COc2c(C(=O)N[C@H]3N=C(c4ccccc4)c4cccc(F)c4NC3=O)c(-c3ccccc3F)nn2C1. The lowest BCUT2D eigenvalue weighted by Crippen LogP contribution is -2.42. The van der Waals surface area contributed by atoms with Crippen LogP contribution in [0.15, 0.2) is 77.8 Å². The number of rotatable bonds is 6. The topological polar surface area (TPSA) is 101 Å². The number of carbonyl (C=O) groups is 2.